The van der Waals surface area contributed by atoms with Gasteiger partial charge in [-0.3, -0.25) is 9.36 Å². The molecule has 60 valence electrons. The van der Waals surface area contributed by atoms with Crippen LogP contribution in [0.3, 0.4) is 0 Å². The van der Waals surface area contributed by atoms with Crippen LogP contribution in [-0.4, -0.2) is 28.6 Å². The van der Waals surface area contributed by atoms with E-state index < -0.39 is 19.9 Å². The Balaban J connectivity index is 3.56. The summed E-state index contributed by atoms with van der Waals surface area (Å²) in [7, 11) is -4.23. The largest absolute Gasteiger partial charge is 0.452 e. The average Bonchev–Trinajstić information content (AvgIpc) is 1.81. The Morgan fingerprint density at radius 2 is 2.10 bits per heavy atom. The van der Waals surface area contributed by atoms with E-state index in [1.165, 1.54) is 0 Å². The monoisotopic (exact) mass is 169 g/mol. The molecule has 0 aliphatic heterocycles. The number of hydrogen-bond donors (Lipinski definition) is 3. The van der Waals surface area contributed by atoms with Gasteiger partial charge in [-0.25, -0.2) is 0 Å². The summed E-state index contributed by atoms with van der Waals surface area (Å²) in [6.45, 7) is -0.375. The molecule has 0 aliphatic rings. The first kappa shape index (κ1) is 9.58. The molecule has 0 aromatic heterocycles. The van der Waals surface area contributed by atoms with E-state index in [-0.39, 0.29) is 6.54 Å². The van der Waals surface area contributed by atoms with Crippen LogP contribution < -0.4 is 5.73 Å². The molecule has 0 heterocycles. The van der Waals surface area contributed by atoms with E-state index in [9.17, 15) is 9.36 Å². The summed E-state index contributed by atoms with van der Waals surface area (Å²) in [5, 5.41) is 0. The van der Waals surface area contributed by atoms with Crippen molar-refractivity contribution in [2.45, 2.75) is 0 Å². The highest BCUT2D eigenvalue weighted by Crippen LogP contribution is 2.33. The summed E-state index contributed by atoms with van der Waals surface area (Å²) in [6, 6.07) is 0. The topological polar surface area (TPSA) is 110 Å². The lowest BCUT2D eigenvalue weighted by Crippen LogP contribution is -2.17. The molecule has 0 bridgehead atoms. The zero-order valence-corrected chi connectivity index (χ0v) is 5.95. The molecule has 7 heteroatoms. The molecule has 0 radical (unpaired) electrons. The third-order valence-corrected chi connectivity index (χ3v) is 1.03. The normalized spacial score (nSPS) is 11.1. The van der Waals surface area contributed by atoms with E-state index in [0.29, 0.717) is 0 Å². The molecular formula is C3H8NO5P. The van der Waals surface area contributed by atoms with Gasteiger partial charge in [0.1, 0.15) is 0 Å². The summed E-state index contributed by atoms with van der Waals surface area (Å²) in [5.74, 6) is -0.830. The maximum Gasteiger partial charge on any atom is 0.362 e. The molecule has 0 aromatic carbocycles. The lowest BCUT2D eigenvalue weighted by Gasteiger charge is -2.03. The smallest absolute Gasteiger partial charge is 0.362 e. The summed E-state index contributed by atoms with van der Waals surface area (Å²) in [5.41, 5.74) is 4.77. The third kappa shape index (κ3) is 5.71. The van der Waals surface area contributed by atoms with Gasteiger partial charge in [-0.15, -0.1) is 0 Å². The number of esters is 1. The van der Waals surface area contributed by atoms with Crippen molar-refractivity contribution in [1.29, 1.82) is 0 Å². The first-order valence-corrected chi connectivity index (χ1v) is 4.16. The zero-order chi connectivity index (χ0) is 8.20. The minimum Gasteiger partial charge on any atom is -0.452 e. The van der Waals surface area contributed by atoms with Crippen LogP contribution in [0.1, 0.15) is 0 Å². The minimum absolute atomic E-state index is 0.375. The summed E-state index contributed by atoms with van der Waals surface area (Å²) in [6.07, 6.45) is -0.900. The quantitative estimate of drug-likeness (QED) is 0.355. The Morgan fingerprint density at radius 3 is 2.40 bits per heavy atom. The number of ether oxygens (including phenoxy) is 1. The Bertz CT molecular complexity index is 162. The zero-order valence-electron chi connectivity index (χ0n) is 5.06. The van der Waals surface area contributed by atoms with E-state index in [1.807, 2.05) is 0 Å². The molecule has 0 aliphatic carbocycles. The Morgan fingerprint density at radius 1 is 1.60 bits per heavy atom. The van der Waals surface area contributed by atoms with Gasteiger partial charge >= 0.3 is 13.6 Å². The SMILES string of the molecule is NCC(=O)OCP(=O)(O)O. The number of rotatable bonds is 3. The molecule has 0 saturated heterocycles. The summed E-state index contributed by atoms with van der Waals surface area (Å²) in [4.78, 5) is 26.5. The molecule has 0 saturated carbocycles. The van der Waals surface area contributed by atoms with Crippen molar-refractivity contribution in [2.75, 3.05) is 12.9 Å². The van der Waals surface area contributed by atoms with E-state index in [0.717, 1.165) is 0 Å². The molecule has 6 nitrogen and oxygen atoms in total. The number of nitrogens with two attached hydrogens (primary N) is 1. The highest BCUT2D eigenvalue weighted by atomic mass is 31.2. The van der Waals surface area contributed by atoms with E-state index in [2.05, 4.69) is 4.74 Å². The predicted octanol–water partition coefficient (Wildman–Crippen LogP) is -1.38. The lowest BCUT2D eigenvalue weighted by molar-refractivity contribution is -0.140. The third-order valence-electron chi connectivity index (χ3n) is 0.560. The number of hydrogen-bond acceptors (Lipinski definition) is 4. The van der Waals surface area contributed by atoms with Crippen LogP contribution in [0, 0.1) is 0 Å². The van der Waals surface area contributed by atoms with E-state index in [4.69, 9.17) is 15.5 Å². The maximum absolute atomic E-state index is 10.2. The van der Waals surface area contributed by atoms with Crippen LogP contribution in [0.5, 0.6) is 0 Å². The molecule has 0 unspecified atom stereocenters. The van der Waals surface area contributed by atoms with Gasteiger partial charge in [-0.1, -0.05) is 0 Å². The van der Waals surface area contributed by atoms with Crippen LogP contribution in [0.4, 0.5) is 0 Å². The molecule has 0 fully saturated rings. The summed E-state index contributed by atoms with van der Waals surface area (Å²) >= 11 is 0. The second kappa shape index (κ2) is 3.68. The molecule has 10 heavy (non-hydrogen) atoms. The average molecular weight is 169 g/mol. The van der Waals surface area contributed by atoms with Gasteiger partial charge in [0.2, 0.25) is 0 Å². The van der Waals surface area contributed by atoms with Crippen molar-refractivity contribution in [3.63, 3.8) is 0 Å². The molecule has 0 atom stereocenters. The minimum atomic E-state index is -4.23. The fraction of sp³-hybridized carbons (Fsp3) is 0.667. The molecule has 4 N–H and O–H groups in total. The van der Waals surface area contributed by atoms with Gasteiger partial charge in [-0.05, 0) is 0 Å². The molecule has 0 aromatic rings. The highest BCUT2D eigenvalue weighted by Gasteiger charge is 2.14. The van der Waals surface area contributed by atoms with Crippen molar-refractivity contribution in [1.82, 2.24) is 0 Å². The molecule has 0 spiro atoms. The van der Waals surface area contributed by atoms with Crippen LogP contribution in [0.15, 0.2) is 0 Å². The Hall–Kier alpha value is -0.420. The molecule has 0 amide bonds. The highest BCUT2D eigenvalue weighted by molar-refractivity contribution is 7.51. The van der Waals surface area contributed by atoms with Crippen molar-refractivity contribution < 1.29 is 23.9 Å². The molecular weight excluding hydrogens is 161 g/mol. The van der Waals surface area contributed by atoms with Crippen LogP contribution in [0.25, 0.3) is 0 Å². The second-order valence-corrected chi connectivity index (χ2v) is 3.10. The van der Waals surface area contributed by atoms with Crippen LogP contribution in [-0.2, 0) is 14.1 Å². The lowest BCUT2D eigenvalue weighted by atomic mass is 10.7. The number of carbonyl (C=O) groups excluding carboxylic acids is 1. The van der Waals surface area contributed by atoms with Gasteiger partial charge < -0.3 is 20.3 Å². The fourth-order valence-corrected chi connectivity index (χ4v) is 0.527. The Kier molecular flexibility index (Phi) is 3.52. The summed E-state index contributed by atoms with van der Waals surface area (Å²) < 4.78 is 14.1. The van der Waals surface area contributed by atoms with Crippen molar-refractivity contribution in [2.24, 2.45) is 5.73 Å². The van der Waals surface area contributed by atoms with Crippen molar-refractivity contribution in [3.8, 4) is 0 Å². The maximum atomic E-state index is 10.2. The van der Waals surface area contributed by atoms with Gasteiger partial charge in [0, 0.05) is 0 Å². The first-order valence-electron chi connectivity index (χ1n) is 2.36. The predicted molar refractivity (Wildman–Crippen MR) is 32.1 cm³/mol. The second-order valence-electron chi connectivity index (χ2n) is 1.51. The van der Waals surface area contributed by atoms with E-state index in [1.54, 1.807) is 0 Å². The Labute approximate surface area is 57.1 Å². The van der Waals surface area contributed by atoms with Crippen LogP contribution in [0.2, 0.25) is 0 Å². The van der Waals surface area contributed by atoms with Crippen molar-refractivity contribution in [3.05, 3.63) is 0 Å². The first-order chi connectivity index (χ1) is 4.45. The van der Waals surface area contributed by atoms with Gasteiger partial charge in [0.15, 0.2) is 6.35 Å². The van der Waals surface area contributed by atoms with E-state index >= 15 is 0 Å². The molecule has 0 rings (SSSR count). The van der Waals surface area contributed by atoms with Crippen molar-refractivity contribution >= 4 is 13.6 Å². The number of carbonyl (C=O) groups is 1. The van der Waals surface area contributed by atoms with Gasteiger partial charge in [0.25, 0.3) is 0 Å². The van der Waals surface area contributed by atoms with Gasteiger partial charge in [0.05, 0.1) is 6.54 Å². The standard InChI is InChI=1S/C3H8NO5P/c4-1-3(5)9-2-10(6,7)8/h1-2,4H2,(H2,6,7,8). The van der Waals surface area contributed by atoms with Crippen LogP contribution >= 0.6 is 7.60 Å². The van der Waals surface area contributed by atoms with Gasteiger partial charge in [-0.2, -0.15) is 0 Å². The fourth-order valence-electron chi connectivity index (χ4n) is 0.215.